The number of alkyl halides is 7. The number of hydrogen-bond acceptors (Lipinski definition) is 1. The van der Waals surface area contributed by atoms with Gasteiger partial charge in [-0.2, -0.15) is 26.3 Å². The molecule has 4 rings (SSSR count). The number of rotatable bonds is 4. The molecule has 2 saturated carbocycles. The van der Waals surface area contributed by atoms with Crippen LogP contribution < -0.4 is 0 Å². The molecule has 0 bridgehead atoms. The Hall–Kier alpha value is -1.54. The fraction of sp³-hybridized carbons (Fsp3) is 0.571. The SMILES string of the molecule is [2H]C([2H])(Br)c1ccc(C2CCCCC2)c(C(F)(F)F)c1.[2H]C([2H])(O)c1ccc(C2CCCCC2)c(C(F)(F)F)c1. The van der Waals surface area contributed by atoms with E-state index >= 15 is 0 Å². The van der Waals surface area contributed by atoms with Crippen LogP contribution in [0.2, 0.25) is 0 Å². The first-order valence-corrected chi connectivity index (χ1v) is 13.0. The van der Waals surface area contributed by atoms with Crippen LogP contribution in [0.25, 0.3) is 0 Å². The van der Waals surface area contributed by atoms with Crippen molar-refractivity contribution in [3.8, 4) is 0 Å². The Bertz CT molecular complexity index is 1040. The lowest BCUT2D eigenvalue weighted by molar-refractivity contribution is -0.139. The maximum Gasteiger partial charge on any atom is 0.416 e. The number of halogens is 7. The third-order valence-electron chi connectivity index (χ3n) is 7.05. The minimum atomic E-state index is -4.53. The number of benzene rings is 2. The molecule has 2 aliphatic rings. The molecule has 2 aromatic rings. The van der Waals surface area contributed by atoms with Gasteiger partial charge < -0.3 is 5.11 Å². The molecule has 0 aliphatic heterocycles. The largest absolute Gasteiger partial charge is 0.416 e. The van der Waals surface area contributed by atoms with E-state index in [0.717, 1.165) is 76.3 Å². The van der Waals surface area contributed by atoms with Crippen LogP contribution in [0, 0.1) is 0 Å². The Kier molecular flexibility index (Phi) is 8.39. The van der Waals surface area contributed by atoms with E-state index in [9.17, 15) is 31.4 Å². The zero-order chi connectivity index (χ0) is 29.9. The maximum atomic E-state index is 13.2. The van der Waals surface area contributed by atoms with Gasteiger partial charge in [0.15, 0.2) is 0 Å². The van der Waals surface area contributed by atoms with Crippen molar-refractivity contribution in [3.63, 3.8) is 0 Å². The van der Waals surface area contributed by atoms with E-state index in [1.165, 1.54) is 24.3 Å². The van der Waals surface area contributed by atoms with Crippen molar-refractivity contribution < 1.29 is 36.9 Å². The lowest BCUT2D eigenvalue weighted by Gasteiger charge is -2.25. The summed E-state index contributed by atoms with van der Waals surface area (Å²) in [5.74, 6) is -0.186. The average molecular weight is 583 g/mol. The highest BCUT2D eigenvalue weighted by Crippen LogP contribution is 2.42. The summed E-state index contributed by atoms with van der Waals surface area (Å²) in [4.78, 5) is 0. The van der Waals surface area contributed by atoms with Gasteiger partial charge in [0.05, 0.1) is 20.4 Å². The van der Waals surface area contributed by atoms with Crippen LogP contribution in [0.3, 0.4) is 0 Å². The highest BCUT2D eigenvalue weighted by atomic mass is 79.9. The fourth-order valence-corrected chi connectivity index (χ4v) is 5.52. The molecule has 0 amide bonds. The Balaban J connectivity index is 0.000000220. The maximum absolute atomic E-state index is 13.2. The summed E-state index contributed by atoms with van der Waals surface area (Å²) in [6.45, 7) is -2.76. The molecule has 0 spiro atoms. The molecular weight excluding hydrogens is 546 g/mol. The van der Waals surface area contributed by atoms with Gasteiger partial charge >= 0.3 is 12.4 Å². The molecule has 2 aliphatic carbocycles. The molecule has 2 fully saturated rings. The normalized spacial score (nSPS) is 20.4. The summed E-state index contributed by atoms with van der Waals surface area (Å²) in [6, 6.07) is 7.16. The third-order valence-corrected chi connectivity index (χ3v) is 7.50. The minimum absolute atomic E-state index is 0.00406. The van der Waals surface area contributed by atoms with Crippen molar-refractivity contribution in [1.82, 2.24) is 0 Å². The number of aliphatic hydroxyl groups is 1. The Morgan fingerprint density at radius 1 is 0.694 bits per heavy atom. The number of hydrogen-bond donors (Lipinski definition) is 1. The van der Waals surface area contributed by atoms with E-state index in [0.29, 0.717) is 5.56 Å². The van der Waals surface area contributed by atoms with Gasteiger partial charge in [-0.1, -0.05) is 78.7 Å². The van der Waals surface area contributed by atoms with Gasteiger partial charge in [-0.15, -0.1) is 0 Å². The van der Waals surface area contributed by atoms with E-state index in [2.05, 4.69) is 15.9 Å². The lowest BCUT2D eigenvalue weighted by atomic mass is 9.81. The minimum Gasteiger partial charge on any atom is -0.392 e. The summed E-state index contributed by atoms with van der Waals surface area (Å²) < 4.78 is 109. The van der Waals surface area contributed by atoms with Crippen molar-refractivity contribution in [1.29, 1.82) is 0 Å². The molecule has 0 unspecified atom stereocenters. The van der Waals surface area contributed by atoms with Crippen LogP contribution in [0.5, 0.6) is 0 Å². The molecule has 0 aromatic heterocycles. The predicted molar refractivity (Wildman–Crippen MR) is 133 cm³/mol. The van der Waals surface area contributed by atoms with E-state index in [-0.39, 0.29) is 28.5 Å². The van der Waals surface area contributed by atoms with E-state index in [1.807, 2.05) is 0 Å². The van der Waals surface area contributed by atoms with Crippen molar-refractivity contribution in [2.45, 2.75) is 100 Å². The molecular formula is C28H33BrF6O. The molecule has 2 aromatic carbocycles. The third kappa shape index (κ3) is 7.73. The van der Waals surface area contributed by atoms with Gasteiger partial charge in [-0.25, -0.2) is 0 Å². The summed E-state index contributed by atoms with van der Waals surface area (Å²) in [6.07, 6.45) is -0.0543. The summed E-state index contributed by atoms with van der Waals surface area (Å²) in [7, 11) is 0. The van der Waals surface area contributed by atoms with Crippen LogP contribution in [-0.2, 0) is 24.2 Å². The summed E-state index contributed by atoms with van der Waals surface area (Å²) >= 11 is 2.77. The van der Waals surface area contributed by atoms with Crippen LogP contribution in [0.15, 0.2) is 36.4 Å². The second-order valence-corrected chi connectivity index (χ2v) is 9.87. The zero-order valence-electron chi connectivity index (χ0n) is 23.8. The Morgan fingerprint density at radius 2 is 1.08 bits per heavy atom. The smallest absolute Gasteiger partial charge is 0.392 e. The standard InChI is InChI=1S/C14H16BrF3.C14H17F3O/c15-9-10-6-7-12(11-4-2-1-3-5-11)13(8-10)14(16,17)18;15-14(16,17)13-8-10(9-18)6-7-12(13)11-4-2-1-3-5-11/h6-8,11H,1-5,9H2;6-8,11,18H,1-5,9H2/i2*9D2. The van der Waals surface area contributed by atoms with Gasteiger partial charge in [-0.05, 0) is 71.9 Å². The molecule has 1 N–H and O–H groups in total. The quantitative estimate of drug-likeness (QED) is 0.281. The molecule has 0 radical (unpaired) electrons. The van der Waals surface area contributed by atoms with Gasteiger partial charge in [-0.3, -0.25) is 0 Å². The lowest BCUT2D eigenvalue weighted by Crippen LogP contribution is -2.14. The molecule has 200 valence electrons. The van der Waals surface area contributed by atoms with Crippen LogP contribution in [0.1, 0.15) is 115 Å². The van der Waals surface area contributed by atoms with Crippen LogP contribution in [0.4, 0.5) is 26.3 Å². The molecule has 1 nitrogen and oxygen atoms in total. The van der Waals surface area contributed by atoms with E-state index in [1.54, 1.807) is 0 Å². The van der Waals surface area contributed by atoms with Crippen molar-refractivity contribution in [2.24, 2.45) is 0 Å². The monoisotopic (exact) mass is 582 g/mol. The van der Waals surface area contributed by atoms with Gasteiger partial charge in [0, 0.05) is 8.02 Å². The van der Waals surface area contributed by atoms with Crippen molar-refractivity contribution >= 4 is 15.9 Å². The molecule has 36 heavy (non-hydrogen) atoms. The highest BCUT2D eigenvalue weighted by molar-refractivity contribution is 9.08. The first kappa shape index (κ1) is 23.6. The summed E-state index contributed by atoms with van der Waals surface area (Å²) in [5.41, 5.74) is -1.32. The summed E-state index contributed by atoms with van der Waals surface area (Å²) in [5, 5.41) is 7.30. The van der Waals surface area contributed by atoms with Crippen LogP contribution in [-0.4, -0.2) is 5.11 Å². The van der Waals surface area contributed by atoms with Crippen LogP contribution >= 0.6 is 15.9 Å². The Labute approximate surface area is 223 Å². The molecule has 0 atom stereocenters. The van der Waals surface area contributed by atoms with E-state index in [4.69, 9.17) is 5.48 Å². The van der Waals surface area contributed by atoms with Gasteiger partial charge in [0.25, 0.3) is 0 Å². The second kappa shape index (κ2) is 12.8. The zero-order valence-corrected chi connectivity index (χ0v) is 21.4. The fourth-order valence-electron chi connectivity index (χ4n) is 5.27. The molecule has 0 heterocycles. The average Bonchev–Trinajstić information content (AvgIpc) is 2.87. The highest BCUT2D eigenvalue weighted by Gasteiger charge is 2.36. The predicted octanol–water partition coefficient (Wildman–Crippen LogP) is 9.89. The topological polar surface area (TPSA) is 20.2 Å². The van der Waals surface area contributed by atoms with Crippen molar-refractivity contribution in [3.05, 3.63) is 69.8 Å². The van der Waals surface area contributed by atoms with Gasteiger partial charge in [0.1, 0.15) is 0 Å². The first-order valence-electron chi connectivity index (χ1n) is 14.2. The first-order chi connectivity index (χ1) is 18.4. The van der Waals surface area contributed by atoms with Crippen molar-refractivity contribution in [2.75, 3.05) is 0 Å². The molecule has 8 heteroatoms. The van der Waals surface area contributed by atoms with E-state index < -0.39 is 35.3 Å². The second-order valence-electron chi connectivity index (χ2n) is 9.48. The van der Waals surface area contributed by atoms with Gasteiger partial charge in [0.2, 0.25) is 0 Å². The molecule has 0 saturated heterocycles. The Morgan fingerprint density at radius 3 is 1.44 bits per heavy atom.